The van der Waals surface area contributed by atoms with Crippen molar-refractivity contribution in [2.24, 2.45) is 10.7 Å². The van der Waals surface area contributed by atoms with Gasteiger partial charge in [-0.3, -0.25) is 0 Å². The molecule has 1 aliphatic rings. The summed E-state index contributed by atoms with van der Waals surface area (Å²) < 4.78 is 18.4. The molecule has 0 unspecified atom stereocenters. The minimum absolute atomic E-state index is 0. The number of para-hydroxylation sites is 1. The van der Waals surface area contributed by atoms with E-state index in [4.69, 9.17) is 10.5 Å². The summed E-state index contributed by atoms with van der Waals surface area (Å²) in [6, 6.07) is 14.6. The van der Waals surface area contributed by atoms with Crippen LogP contribution in [0.1, 0.15) is 23.5 Å². The van der Waals surface area contributed by atoms with Crippen LogP contribution >= 0.6 is 24.0 Å². The Balaban J connectivity index is 0.00000208. The summed E-state index contributed by atoms with van der Waals surface area (Å²) in [7, 11) is 1.65. The van der Waals surface area contributed by atoms with Gasteiger partial charge in [0, 0.05) is 24.3 Å². The molecule has 0 aliphatic heterocycles. The molecule has 2 atom stereocenters. The Hall–Kier alpha value is -1.67. The number of halogens is 2. The lowest BCUT2D eigenvalue weighted by Crippen LogP contribution is -2.24. The van der Waals surface area contributed by atoms with Crippen molar-refractivity contribution >= 4 is 35.6 Å². The minimum Gasteiger partial charge on any atom is -0.380 e. The maximum atomic E-state index is 13.3. The smallest absolute Gasteiger partial charge is 0.193 e. The largest absolute Gasteiger partial charge is 0.380 e. The number of rotatable bonds is 5. The highest BCUT2D eigenvalue weighted by Gasteiger charge is 2.38. The maximum absolute atomic E-state index is 13.3. The molecule has 3 N–H and O–H groups in total. The highest BCUT2D eigenvalue weighted by atomic mass is 127. The molecular weight excluding hydrogens is 420 g/mol. The third-order valence-electron chi connectivity index (χ3n) is 3.92. The van der Waals surface area contributed by atoms with E-state index in [0.29, 0.717) is 12.6 Å². The number of hydrogen-bond acceptors (Lipinski definition) is 2. The van der Waals surface area contributed by atoms with Crippen molar-refractivity contribution in [2.75, 3.05) is 12.4 Å². The number of hydrogen-bond donors (Lipinski definition) is 2. The summed E-state index contributed by atoms with van der Waals surface area (Å²) in [6.07, 6.45) is 0.894. The fourth-order valence-corrected chi connectivity index (χ4v) is 2.69. The van der Waals surface area contributed by atoms with Gasteiger partial charge in [0.1, 0.15) is 5.82 Å². The molecule has 0 spiro atoms. The van der Waals surface area contributed by atoms with Crippen LogP contribution in [0.2, 0.25) is 0 Å². The lowest BCUT2D eigenvalue weighted by atomic mass is 10.1. The van der Waals surface area contributed by atoms with Gasteiger partial charge in [0.2, 0.25) is 0 Å². The Kier molecular flexibility index (Phi) is 6.56. The Bertz CT molecular complexity index is 723. The number of methoxy groups -OCH3 is 1. The van der Waals surface area contributed by atoms with E-state index < -0.39 is 0 Å². The minimum atomic E-state index is -0.211. The topological polar surface area (TPSA) is 59.6 Å². The van der Waals surface area contributed by atoms with Crippen molar-refractivity contribution in [2.45, 2.75) is 25.0 Å². The molecule has 0 saturated heterocycles. The lowest BCUT2D eigenvalue weighted by Gasteiger charge is -2.10. The van der Waals surface area contributed by atoms with Crippen LogP contribution in [0.5, 0.6) is 0 Å². The van der Waals surface area contributed by atoms with Crippen molar-refractivity contribution in [3.05, 3.63) is 65.5 Å². The molecule has 0 heterocycles. The maximum Gasteiger partial charge on any atom is 0.193 e. The summed E-state index contributed by atoms with van der Waals surface area (Å²) in [6.45, 7) is 0.506. The molecule has 6 heteroatoms. The molecule has 4 nitrogen and oxygen atoms in total. The number of benzene rings is 2. The van der Waals surface area contributed by atoms with Gasteiger partial charge in [0.25, 0.3) is 0 Å². The van der Waals surface area contributed by atoms with Crippen molar-refractivity contribution in [1.29, 1.82) is 0 Å². The van der Waals surface area contributed by atoms with Gasteiger partial charge in [-0.1, -0.05) is 30.3 Å². The van der Waals surface area contributed by atoms with E-state index in [9.17, 15) is 4.39 Å². The highest BCUT2D eigenvalue weighted by Crippen LogP contribution is 2.43. The van der Waals surface area contributed by atoms with Gasteiger partial charge >= 0.3 is 0 Å². The molecule has 0 radical (unpaired) electrons. The normalized spacial score (nSPS) is 19.5. The van der Waals surface area contributed by atoms with Gasteiger partial charge < -0.3 is 15.8 Å². The zero-order valence-electron chi connectivity index (χ0n) is 13.4. The van der Waals surface area contributed by atoms with Gasteiger partial charge in [-0.05, 0) is 30.2 Å². The van der Waals surface area contributed by atoms with Crippen LogP contribution in [0.4, 0.5) is 10.1 Å². The van der Waals surface area contributed by atoms with Crippen molar-refractivity contribution in [3.8, 4) is 0 Å². The monoisotopic (exact) mass is 441 g/mol. The van der Waals surface area contributed by atoms with E-state index in [0.717, 1.165) is 23.2 Å². The summed E-state index contributed by atoms with van der Waals surface area (Å²) in [4.78, 5) is 4.49. The van der Waals surface area contributed by atoms with E-state index >= 15 is 0 Å². The first kappa shape index (κ1) is 18.7. The van der Waals surface area contributed by atoms with Crippen LogP contribution in [0.25, 0.3) is 0 Å². The standard InChI is InChI=1S/C18H20FN3O.HI/c1-23-11-13-5-2-3-8-16(13)21-18(20)22-17-10-15(17)12-6-4-7-14(19)9-12;/h2-9,15,17H,10-11H2,1H3,(H3,20,21,22);1H/t15-,17+;/m0./s1. The molecule has 128 valence electrons. The van der Waals surface area contributed by atoms with E-state index in [2.05, 4.69) is 10.3 Å². The number of nitrogens with two attached hydrogens (primary N) is 1. The third-order valence-corrected chi connectivity index (χ3v) is 3.92. The van der Waals surface area contributed by atoms with Crippen LogP contribution in [0, 0.1) is 5.82 Å². The van der Waals surface area contributed by atoms with E-state index in [1.807, 2.05) is 30.3 Å². The zero-order chi connectivity index (χ0) is 16.2. The number of guanidine groups is 1. The quantitative estimate of drug-likeness (QED) is 0.421. The van der Waals surface area contributed by atoms with Crippen LogP contribution in [0.15, 0.2) is 53.5 Å². The fourth-order valence-electron chi connectivity index (χ4n) is 2.69. The molecular formula is C18H21FIN3O. The predicted molar refractivity (Wildman–Crippen MR) is 105 cm³/mol. The van der Waals surface area contributed by atoms with Gasteiger partial charge in [0.05, 0.1) is 12.6 Å². The average Bonchev–Trinajstić information content (AvgIpc) is 3.28. The van der Waals surface area contributed by atoms with Gasteiger partial charge in [-0.25, -0.2) is 9.38 Å². The van der Waals surface area contributed by atoms with Crippen molar-refractivity contribution < 1.29 is 9.13 Å². The summed E-state index contributed by atoms with van der Waals surface area (Å²) in [5.74, 6) is 0.412. The van der Waals surface area contributed by atoms with Crippen LogP contribution in [-0.2, 0) is 11.3 Å². The molecule has 0 bridgehead atoms. The first-order valence-electron chi connectivity index (χ1n) is 7.60. The molecule has 0 amide bonds. The molecule has 3 rings (SSSR count). The fraction of sp³-hybridized carbons (Fsp3) is 0.278. The number of ether oxygens (including phenoxy) is 1. The molecule has 1 saturated carbocycles. The van der Waals surface area contributed by atoms with E-state index in [1.54, 1.807) is 19.2 Å². The molecule has 1 fully saturated rings. The van der Waals surface area contributed by atoms with Gasteiger partial charge in [-0.15, -0.1) is 24.0 Å². The molecule has 2 aromatic carbocycles. The van der Waals surface area contributed by atoms with Gasteiger partial charge in [-0.2, -0.15) is 0 Å². The molecule has 0 aromatic heterocycles. The summed E-state index contributed by atoms with van der Waals surface area (Å²) >= 11 is 0. The predicted octanol–water partition coefficient (Wildman–Crippen LogP) is 3.87. The second-order valence-electron chi connectivity index (χ2n) is 5.69. The average molecular weight is 441 g/mol. The van der Waals surface area contributed by atoms with Crippen LogP contribution in [-0.4, -0.2) is 19.1 Å². The SMILES string of the molecule is COCc1ccccc1NC(N)=N[C@@H]1C[C@H]1c1cccc(F)c1.I. The second-order valence-corrected chi connectivity index (χ2v) is 5.69. The van der Waals surface area contributed by atoms with E-state index in [-0.39, 0.29) is 41.8 Å². The van der Waals surface area contributed by atoms with Crippen molar-refractivity contribution in [3.63, 3.8) is 0 Å². The number of nitrogens with one attached hydrogen (secondary N) is 1. The Labute approximate surface area is 158 Å². The second kappa shape index (κ2) is 8.43. The highest BCUT2D eigenvalue weighted by molar-refractivity contribution is 14.0. The Morgan fingerprint density at radius 3 is 2.83 bits per heavy atom. The summed E-state index contributed by atoms with van der Waals surface area (Å²) in [5.41, 5.74) is 8.89. The van der Waals surface area contributed by atoms with E-state index in [1.165, 1.54) is 6.07 Å². The first-order chi connectivity index (χ1) is 11.2. The lowest BCUT2D eigenvalue weighted by molar-refractivity contribution is 0.185. The number of nitrogens with zero attached hydrogens (tertiary/aromatic N) is 1. The third kappa shape index (κ3) is 4.67. The Morgan fingerprint density at radius 1 is 1.29 bits per heavy atom. The van der Waals surface area contributed by atoms with Crippen molar-refractivity contribution in [1.82, 2.24) is 0 Å². The van der Waals surface area contributed by atoms with Crippen LogP contribution in [0.3, 0.4) is 0 Å². The van der Waals surface area contributed by atoms with Crippen LogP contribution < -0.4 is 11.1 Å². The number of anilines is 1. The molecule has 24 heavy (non-hydrogen) atoms. The summed E-state index contributed by atoms with van der Waals surface area (Å²) in [5, 5.41) is 3.12. The Morgan fingerprint density at radius 2 is 2.08 bits per heavy atom. The molecule has 2 aromatic rings. The zero-order valence-corrected chi connectivity index (χ0v) is 15.7. The first-order valence-corrected chi connectivity index (χ1v) is 7.60. The number of aliphatic imine (C=N–C) groups is 1. The molecule has 1 aliphatic carbocycles. The van der Waals surface area contributed by atoms with Gasteiger partial charge in [0.15, 0.2) is 5.96 Å².